The van der Waals surface area contributed by atoms with Crippen molar-refractivity contribution in [2.45, 2.75) is 32.4 Å². The van der Waals surface area contributed by atoms with Crippen LogP contribution >= 0.6 is 11.3 Å². The van der Waals surface area contributed by atoms with Crippen molar-refractivity contribution in [1.82, 2.24) is 15.6 Å². The maximum Gasteiger partial charge on any atom is 0.357 e. The standard InChI is InChI=1S/C21H24N4O4S2/c1-2-17-14-30-20(23-17)19(24-21(26)22-13-16-6-4-3-5-7-16)12-15-8-10-18(11-9-15)25-31(27,28)29/h3-11,14,19,25H,2,12-13H2,1H3,(H2,22,24,26)(H,27,28,29)/t19-/m0/s1. The van der Waals surface area contributed by atoms with Crippen molar-refractivity contribution in [3.05, 3.63) is 81.8 Å². The fourth-order valence-electron chi connectivity index (χ4n) is 2.93. The van der Waals surface area contributed by atoms with Crippen LogP contribution in [0.15, 0.2) is 60.0 Å². The number of benzene rings is 2. The first kappa shape index (κ1) is 22.7. The third kappa shape index (κ3) is 7.35. The number of rotatable bonds is 9. The van der Waals surface area contributed by atoms with E-state index >= 15 is 0 Å². The molecule has 2 amide bonds. The predicted molar refractivity (Wildman–Crippen MR) is 121 cm³/mol. The van der Waals surface area contributed by atoms with Gasteiger partial charge in [0.1, 0.15) is 5.01 Å². The number of carbonyl (C=O) groups is 1. The molecule has 31 heavy (non-hydrogen) atoms. The van der Waals surface area contributed by atoms with Gasteiger partial charge in [0.2, 0.25) is 0 Å². The van der Waals surface area contributed by atoms with Gasteiger partial charge in [0, 0.05) is 11.9 Å². The minimum absolute atomic E-state index is 0.249. The van der Waals surface area contributed by atoms with E-state index in [-0.39, 0.29) is 17.8 Å². The van der Waals surface area contributed by atoms with Gasteiger partial charge in [-0.1, -0.05) is 49.4 Å². The highest BCUT2D eigenvalue weighted by molar-refractivity contribution is 7.87. The number of aromatic nitrogens is 1. The lowest BCUT2D eigenvalue weighted by atomic mass is 10.1. The Morgan fingerprint density at radius 1 is 1.10 bits per heavy atom. The van der Waals surface area contributed by atoms with Gasteiger partial charge in [-0.05, 0) is 36.1 Å². The number of amides is 2. The molecule has 0 saturated carbocycles. The molecule has 2 aromatic carbocycles. The van der Waals surface area contributed by atoms with Gasteiger partial charge in [-0.25, -0.2) is 9.78 Å². The Hall–Kier alpha value is -2.95. The number of aryl methyl sites for hydroxylation is 1. The molecule has 0 saturated heterocycles. The molecular weight excluding hydrogens is 436 g/mol. The van der Waals surface area contributed by atoms with E-state index in [1.165, 1.54) is 11.3 Å². The maximum absolute atomic E-state index is 12.5. The van der Waals surface area contributed by atoms with Crippen LogP contribution in [0.1, 0.15) is 34.8 Å². The third-order valence-corrected chi connectivity index (χ3v) is 5.97. The van der Waals surface area contributed by atoms with Gasteiger partial charge in [0.15, 0.2) is 0 Å². The third-order valence-electron chi connectivity index (χ3n) is 4.47. The lowest BCUT2D eigenvalue weighted by molar-refractivity contribution is 0.236. The first-order valence-corrected chi connectivity index (χ1v) is 12.0. The van der Waals surface area contributed by atoms with E-state index < -0.39 is 10.3 Å². The summed E-state index contributed by atoms with van der Waals surface area (Å²) in [5.74, 6) is 0. The van der Waals surface area contributed by atoms with Crippen molar-refractivity contribution < 1.29 is 17.8 Å². The van der Waals surface area contributed by atoms with Gasteiger partial charge in [-0.2, -0.15) is 8.42 Å². The number of hydrogen-bond donors (Lipinski definition) is 4. The highest BCUT2D eigenvalue weighted by Gasteiger charge is 2.19. The summed E-state index contributed by atoms with van der Waals surface area (Å²) in [6, 6.07) is 15.6. The summed E-state index contributed by atoms with van der Waals surface area (Å²) in [6.45, 7) is 2.43. The Morgan fingerprint density at radius 2 is 1.81 bits per heavy atom. The van der Waals surface area contributed by atoms with E-state index in [1.807, 2.05) is 47.4 Å². The molecule has 0 aliphatic rings. The molecule has 3 rings (SSSR count). The Kier molecular flexibility index (Phi) is 7.61. The highest BCUT2D eigenvalue weighted by atomic mass is 32.2. The Balaban J connectivity index is 1.69. The zero-order chi connectivity index (χ0) is 22.3. The summed E-state index contributed by atoms with van der Waals surface area (Å²) in [5.41, 5.74) is 3.09. The summed E-state index contributed by atoms with van der Waals surface area (Å²) in [7, 11) is -4.33. The Bertz CT molecular complexity index is 1100. The first-order valence-electron chi connectivity index (χ1n) is 9.69. The van der Waals surface area contributed by atoms with Crippen LogP contribution in [0.5, 0.6) is 0 Å². The van der Waals surface area contributed by atoms with E-state index in [4.69, 9.17) is 4.55 Å². The number of carbonyl (C=O) groups excluding carboxylic acids is 1. The average Bonchev–Trinajstić information content (AvgIpc) is 3.22. The molecule has 3 aromatic rings. The van der Waals surface area contributed by atoms with Crippen LogP contribution in [-0.4, -0.2) is 24.0 Å². The maximum atomic E-state index is 12.5. The molecular formula is C21H24N4O4S2. The zero-order valence-corrected chi connectivity index (χ0v) is 18.5. The summed E-state index contributed by atoms with van der Waals surface area (Å²) in [6.07, 6.45) is 1.28. The molecule has 10 heteroatoms. The van der Waals surface area contributed by atoms with E-state index in [0.29, 0.717) is 13.0 Å². The Morgan fingerprint density at radius 3 is 2.42 bits per heavy atom. The molecule has 1 atom stereocenters. The van der Waals surface area contributed by atoms with E-state index in [2.05, 4.69) is 15.6 Å². The summed E-state index contributed by atoms with van der Waals surface area (Å²) < 4.78 is 32.8. The minimum atomic E-state index is -4.33. The van der Waals surface area contributed by atoms with Crippen LogP contribution in [0, 0.1) is 0 Å². The monoisotopic (exact) mass is 460 g/mol. The Labute approximate surface area is 185 Å². The van der Waals surface area contributed by atoms with Crippen LogP contribution in [0.4, 0.5) is 10.5 Å². The van der Waals surface area contributed by atoms with Crippen LogP contribution in [0.25, 0.3) is 0 Å². The van der Waals surface area contributed by atoms with Gasteiger partial charge in [-0.3, -0.25) is 9.27 Å². The van der Waals surface area contributed by atoms with Crippen LogP contribution in [-0.2, 0) is 29.7 Å². The number of nitrogens with one attached hydrogen (secondary N) is 3. The number of nitrogens with zero attached hydrogens (tertiary/aromatic N) is 1. The normalized spacial score (nSPS) is 12.2. The van der Waals surface area contributed by atoms with Crippen molar-refractivity contribution in [1.29, 1.82) is 0 Å². The number of thiazole rings is 1. The smallest absolute Gasteiger partial charge is 0.334 e. The van der Waals surface area contributed by atoms with E-state index in [9.17, 15) is 13.2 Å². The molecule has 0 bridgehead atoms. The molecule has 4 N–H and O–H groups in total. The zero-order valence-electron chi connectivity index (χ0n) is 16.9. The van der Waals surface area contributed by atoms with Gasteiger partial charge >= 0.3 is 16.3 Å². The van der Waals surface area contributed by atoms with Crippen molar-refractivity contribution in [2.24, 2.45) is 0 Å². The van der Waals surface area contributed by atoms with Crippen LogP contribution in [0.2, 0.25) is 0 Å². The number of anilines is 1. The number of urea groups is 1. The predicted octanol–water partition coefficient (Wildman–Crippen LogP) is 3.70. The summed E-state index contributed by atoms with van der Waals surface area (Å²) >= 11 is 1.49. The molecule has 0 spiro atoms. The van der Waals surface area contributed by atoms with Gasteiger partial charge in [0.05, 0.1) is 17.4 Å². The average molecular weight is 461 g/mol. The molecule has 1 aromatic heterocycles. The molecule has 0 fully saturated rings. The topological polar surface area (TPSA) is 120 Å². The highest BCUT2D eigenvalue weighted by Crippen LogP contribution is 2.23. The summed E-state index contributed by atoms with van der Waals surface area (Å²) in [4.78, 5) is 17.1. The molecule has 1 heterocycles. The SMILES string of the molecule is CCc1csc([C@H](Cc2ccc(NS(=O)(=O)O)cc2)NC(=O)NCc2ccccc2)n1. The lowest BCUT2D eigenvalue weighted by Gasteiger charge is -2.18. The van der Waals surface area contributed by atoms with E-state index in [1.54, 1.807) is 24.3 Å². The molecule has 0 radical (unpaired) electrons. The largest absolute Gasteiger partial charge is 0.357 e. The summed E-state index contributed by atoms with van der Waals surface area (Å²) in [5, 5.41) is 8.63. The van der Waals surface area contributed by atoms with Crippen LogP contribution < -0.4 is 15.4 Å². The molecule has 0 unspecified atom stereocenters. The molecule has 0 aliphatic carbocycles. The van der Waals surface area contributed by atoms with Gasteiger partial charge < -0.3 is 10.6 Å². The van der Waals surface area contributed by atoms with Crippen molar-refractivity contribution in [2.75, 3.05) is 4.72 Å². The molecule has 8 nitrogen and oxygen atoms in total. The van der Waals surface area contributed by atoms with Crippen molar-refractivity contribution >= 4 is 33.4 Å². The first-order chi connectivity index (χ1) is 14.8. The van der Waals surface area contributed by atoms with Crippen LogP contribution in [0.3, 0.4) is 0 Å². The lowest BCUT2D eigenvalue weighted by Crippen LogP contribution is -2.38. The second-order valence-electron chi connectivity index (χ2n) is 6.87. The van der Waals surface area contributed by atoms with Gasteiger partial charge in [-0.15, -0.1) is 11.3 Å². The van der Waals surface area contributed by atoms with Gasteiger partial charge in [0.25, 0.3) is 0 Å². The molecule has 164 valence electrons. The minimum Gasteiger partial charge on any atom is -0.334 e. The molecule has 0 aliphatic heterocycles. The fraction of sp³-hybridized carbons (Fsp3) is 0.238. The number of hydrogen-bond acceptors (Lipinski definition) is 5. The second-order valence-corrected chi connectivity index (χ2v) is 8.92. The van der Waals surface area contributed by atoms with E-state index in [0.717, 1.165) is 28.2 Å². The van der Waals surface area contributed by atoms with Crippen molar-refractivity contribution in [3.8, 4) is 0 Å². The second kappa shape index (κ2) is 10.4. The fourth-order valence-corrected chi connectivity index (χ4v) is 4.31. The van der Waals surface area contributed by atoms with Crippen molar-refractivity contribution in [3.63, 3.8) is 0 Å². The quantitative estimate of drug-likeness (QED) is 0.363.